The zero-order chi connectivity index (χ0) is 19.1. The molecule has 1 aromatic carbocycles. The van der Waals surface area contributed by atoms with Crippen molar-refractivity contribution in [3.05, 3.63) is 41.7 Å². The molecule has 7 heteroatoms. The van der Waals surface area contributed by atoms with Crippen LogP contribution in [0.15, 0.2) is 35.5 Å². The van der Waals surface area contributed by atoms with Gasteiger partial charge >= 0.3 is 6.03 Å². The highest BCUT2D eigenvalue weighted by Gasteiger charge is 2.21. The summed E-state index contributed by atoms with van der Waals surface area (Å²) in [6.07, 6.45) is 2.15. The molecule has 140 valence electrons. The van der Waals surface area contributed by atoms with Crippen LogP contribution in [0.1, 0.15) is 38.1 Å². The van der Waals surface area contributed by atoms with E-state index in [1.54, 1.807) is 19.1 Å². The van der Waals surface area contributed by atoms with E-state index in [9.17, 15) is 9.59 Å². The number of carbonyl (C=O) groups excluding carboxylic acids is 2. The number of nitrogens with zero attached hydrogens (tertiary/aromatic N) is 2. The Kier molecular flexibility index (Phi) is 7.26. The van der Waals surface area contributed by atoms with Crippen LogP contribution in [-0.4, -0.2) is 26.7 Å². The van der Waals surface area contributed by atoms with E-state index in [2.05, 4.69) is 27.1 Å². The van der Waals surface area contributed by atoms with Gasteiger partial charge in [-0.1, -0.05) is 43.3 Å². The van der Waals surface area contributed by atoms with Gasteiger partial charge in [-0.2, -0.15) is 0 Å². The molecule has 0 aliphatic rings. The predicted octanol–water partition coefficient (Wildman–Crippen LogP) is 4.13. The Hall–Kier alpha value is -2.28. The van der Waals surface area contributed by atoms with Gasteiger partial charge in [0.2, 0.25) is 5.91 Å². The molecule has 0 aliphatic heterocycles. The second-order valence-corrected chi connectivity index (χ2v) is 7.45. The van der Waals surface area contributed by atoms with Crippen molar-refractivity contribution in [2.45, 2.75) is 57.5 Å². The van der Waals surface area contributed by atoms with E-state index in [0.29, 0.717) is 5.69 Å². The molecule has 3 amide bonds. The van der Waals surface area contributed by atoms with Crippen molar-refractivity contribution in [1.82, 2.24) is 14.9 Å². The zero-order valence-corrected chi connectivity index (χ0v) is 16.5. The standard InChI is InChI=1S/C19H26N4O2S/c1-5-6-12-23-14(3)13(2)20-19(23)26-15(4)17(24)22-18(25)21-16-10-8-7-9-11-16/h7-11,15H,5-6,12H2,1-4H3,(H2,21,22,24,25). The Labute approximate surface area is 158 Å². The van der Waals surface area contributed by atoms with Gasteiger partial charge in [-0.15, -0.1) is 0 Å². The average Bonchev–Trinajstić information content (AvgIpc) is 2.87. The molecule has 0 saturated carbocycles. The fraction of sp³-hybridized carbons (Fsp3) is 0.421. The molecule has 0 spiro atoms. The van der Waals surface area contributed by atoms with E-state index in [1.165, 1.54) is 11.8 Å². The summed E-state index contributed by atoms with van der Waals surface area (Å²) in [5, 5.41) is 5.42. The summed E-state index contributed by atoms with van der Waals surface area (Å²) in [5.74, 6) is -0.344. The minimum atomic E-state index is -0.532. The van der Waals surface area contributed by atoms with Crippen LogP contribution in [0.3, 0.4) is 0 Å². The summed E-state index contributed by atoms with van der Waals surface area (Å²) in [7, 11) is 0. The van der Waals surface area contributed by atoms with E-state index < -0.39 is 11.3 Å². The highest BCUT2D eigenvalue weighted by molar-refractivity contribution is 8.00. The van der Waals surface area contributed by atoms with E-state index in [1.807, 2.05) is 32.0 Å². The Morgan fingerprint density at radius 1 is 1.23 bits per heavy atom. The van der Waals surface area contributed by atoms with Gasteiger partial charge in [0, 0.05) is 17.9 Å². The number of imide groups is 1. The molecule has 26 heavy (non-hydrogen) atoms. The van der Waals surface area contributed by atoms with Crippen molar-refractivity contribution < 1.29 is 9.59 Å². The third-order valence-corrected chi connectivity index (χ3v) is 5.17. The molecule has 2 aromatic rings. The zero-order valence-electron chi connectivity index (χ0n) is 15.7. The number of unbranched alkanes of at least 4 members (excludes halogenated alkanes) is 1. The van der Waals surface area contributed by atoms with Crippen molar-refractivity contribution in [2.24, 2.45) is 0 Å². The molecular formula is C19H26N4O2S. The van der Waals surface area contributed by atoms with Gasteiger partial charge in [-0.25, -0.2) is 9.78 Å². The van der Waals surface area contributed by atoms with Gasteiger partial charge in [0.15, 0.2) is 5.16 Å². The normalized spacial score (nSPS) is 11.8. The quantitative estimate of drug-likeness (QED) is 0.715. The van der Waals surface area contributed by atoms with Crippen molar-refractivity contribution in [1.29, 1.82) is 0 Å². The third-order valence-electron chi connectivity index (χ3n) is 4.08. The van der Waals surface area contributed by atoms with Gasteiger partial charge in [0.25, 0.3) is 0 Å². The van der Waals surface area contributed by atoms with Crippen molar-refractivity contribution in [3.8, 4) is 0 Å². The molecule has 0 radical (unpaired) electrons. The number of rotatable bonds is 7. The first-order valence-corrected chi connectivity index (χ1v) is 9.67. The van der Waals surface area contributed by atoms with Gasteiger partial charge in [-0.05, 0) is 39.3 Å². The summed E-state index contributed by atoms with van der Waals surface area (Å²) in [6.45, 7) is 8.82. The van der Waals surface area contributed by atoms with Crippen LogP contribution in [0.5, 0.6) is 0 Å². The number of aromatic nitrogens is 2. The molecule has 0 bridgehead atoms. The van der Waals surface area contributed by atoms with Gasteiger partial charge < -0.3 is 9.88 Å². The summed E-state index contributed by atoms with van der Waals surface area (Å²) >= 11 is 1.37. The molecule has 1 unspecified atom stereocenters. The fourth-order valence-electron chi connectivity index (χ4n) is 2.40. The number of hydrogen-bond acceptors (Lipinski definition) is 4. The van der Waals surface area contributed by atoms with Gasteiger partial charge in [0.05, 0.1) is 10.9 Å². The molecule has 2 N–H and O–H groups in total. The maximum Gasteiger partial charge on any atom is 0.325 e. The Morgan fingerprint density at radius 2 is 1.92 bits per heavy atom. The number of anilines is 1. The minimum absolute atomic E-state index is 0.344. The molecule has 1 atom stereocenters. The highest BCUT2D eigenvalue weighted by atomic mass is 32.2. The number of carbonyl (C=O) groups is 2. The third kappa shape index (κ3) is 5.36. The summed E-state index contributed by atoms with van der Waals surface area (Å²) in [4.78, 5) is 28.9. The smallest absolute Gasteiger partial charge is 0.323 e. The highest BCUT2D eigenvalue weighted by Crippen LogP contribution is 2.25. The Bertz CT molecular complexity index is 758. The first kappa shape index (κ1) is 20.0. The van der Waals surface area contributed by atoms with Gasteiger partial charge in [0.1, 0.15) is 0 Å². The molecule has 0 fully saturated rings. The topological polar surface area (TPSA) is 76.0 Å². The Balaban J connectivity index is 1.96. The lowest BCUT2D eigenvalue weighted by Gasteiger charge is -2.13. The van der Waals surface area contributed by atoms with Crippen LogP contribution in [0.25, 0.3) is 0 Å². The SMILES string of the molecule is CCCCn1c(SC(C)C(=O)NC(=O)Nc2ccccc2)nc(C)c1C. The van der Waals surface area contributed by atoms with Crippen LogP contribution in [0.4, 0.5) is 10.5 Å². The van der Waals surface area contributed by atoms with E-state index in [0.717, 1.165) is 35.9 Å². The number of aryl methyl sites for hydroxylation is 1. The summed E-state index contributed by atoms with van der Waals surface area (Å²) < 4.78 is 2.15. The molecular weight excluding hydrogens is 348 g/mol. The van der Waals surface area contributed by atoms with Crippen molar-refractivity contribution in [3.63, 3.8) is 0 Å². The van der Waals surface area contributed by atoms with Crippen LogP contribution in [-0.2, 0) is 11.3 Å². The average molecular weight is 375 g/mol. The fourth-order valence-corrected chi connectivity index (χ4v) is 3.43. The molecule has 1 heterocycles. The predicted molar refractivity (Wildman–Crippen MR) is 106 cm³/mol. The molecule has 0 aliphatic carbocycles. The molecule has 2 rings (SSSR count). The van der Waals surface area contributed by atoms with Gasteiger partial charge in [-0.3, -0.25) is 10.1 Å². The lowest BCUT2D eigenvalue weighted by atomic mass is 10.3. The number of urea groups is 1. The number of imidazole rings is 1. The number of para-hydroxylation sites is 1. The maximum absolute atomic E-state index is 12.3. The monoisotopic (exact) mass is 374 g/mol. The molecule has 0 saturated heterocycles. The number of benzene rings is 1. The number of thioether (sulfide) groups is 1. The van der Waals surface area contributed by atoms with E-state index in [-0.39, 0.29) is 5.91 Å². The number of nitrogens with one attached hydrogen (secondary N) is 2. The molecule has 1 aromatic heterocycles. The first-order chi connectivity index (χ1) is 12.4. The van der Waals surface area contributed by atoms with Crippen LogP contribution in [0, 0.1) is 13.8 Å². The molecule has 6 nitrogen and oxygen atoms in total. The maximum atomic E-state index is 12.3. The largest absolute Gasteiger partial charge is 0.325 e. The van der Waals surface area contributed by atoms with E-state index in [4.69, 9.17) is 0 Å². The van der Waals surface area contributed by atoms with E-state index >= 15 is 0 Å². The minimum Gasteiger partial charge on any atom is -0.323 e. The lowest BCUT2D eigenvalue weighted by Crippen LogP contribution is -2.39. The van der Waals surface area contributed by atoms with Crippen molar-refractivity contribution >= 4 is 29.4 Å². The summed E-state index contributed by atoms with van der Waals surface area (Å²) in [6, 6.07) is 8.48. The second kappa shape index (κ2) is 9.43. The van der Waals surface area contributed by atoms with Crippen LogP contribution >= 0.6 is 11.8 Å². The number of amides is 3. The van der Waals surface area contributed by atoms with Crippen molar-refractivity contribution in [2.75, 3.05) is 5.32 Å². The Morgan fingerprint density at radius 3 is 2.58 bits per heavy atom. The van der Waals surface area contributed by atoms with Crippen LogP contribution in [0.2, 0.25) is 0 Å². The lowest BCUT2D eigenvalue weighted by molar-refractivity contribution is -0.119. The van der Waals surface area contributed by atoms with Crippen LogP contribution < -0.4 is 10.6 Å². The summed E-state index contributed by atoms with van der Waals surface area (Å²) in [5.41, 5.74) is 2.73. The number of hydrogen-bond donors (Lipinski definition) is 2. The second-order valence-electron chi connectivity index (χ2n) is 6.14. The first-order valence-electron chi connectivity index (χ1n) is 8.79.